The first-order valence-electron chi connectivity index (χ1n) is 10.3. The molecule has 0 spiro atoms. The predicted octanol–water partition coefficient (Wildman–Crippen LogP) is 2.83. The third-order valence-electron chi connectivity index (χ3n) is 5.68. The maximum atomic E-state index is 13.3. The van der Waals surface area contributed by atoms with Crippen LogP contribution in [0.4, 0.5) is 24.7 Å². The highest BCUT2D eigenvalue weighted by Crippen LogP contribution is 2.48. The molecule has 0 bridgehead atoms. The summed E-state index contributed by atoms with van der Waals surface area (Å²) in [4.78, 5) is 22.5. The Hall–Kier alpha value is -3.25. The minimum Gasteiger partial charge on any atom is -0.384 e. The number of aromatic nitrogens is 2. The molecule has 1 fully saturated rings. The van der Waals surface area contributed by atoms with Gasteiger partial charge in [0.2, 0.25) is 5.91 Å². The first-order chi connectivity index (χ1) is 15.9. The zero-order chi connectivity index (χ0) is 24.7. The third-order valence-corrected chi connectivity index (χ3v) is 6.70. The molecule has 180 valence electrons. The van der Waals surface area contributed by atoms with Crippen molar-refractivity contribution in [1.82, 2.24) is 15.3 Å². The molecule has 0 unspecified atom stereocenters. The van der Waals surface area contributed by atoms with E-state index in [4.69, 9.17) is 5.73 Å². The summed E-state index contributed by atoms with van der Waals surface area (Å²) in [6.45, 7) is -0.740. The summed E-state index contributed by atoms with van der Waals surface area (Å²) >= 11 is 0. The van der Waals surface area contributed by atoms with Crippen LogP contribution in [0.5, 0.6) is 0 Å². The Morgan fingerprint density at radius 3 is 2.56 bits per heavy atom. The van der Waals surface area contributed by atoms with E-state index in [0.717, 1.165) is 16.5 Å². The molecule has 1 aromatic carbocycles. The van der Waals surface area contributed by atoms with E-state index in [1.165, 1.54) is 18.3 Å². The van der Waals surface area contributed by atoms with Gasteiger partial charge in [-0.15, -0.1) is 0 Å². The zero-order valence-corrected chi connectivity index (χ0v) is 18.9. The molecule has 0 atom stereocenters. The number of benzene rings is 1. The Balaban J connectivity index is 1.70. The normalized spacial score (nSPS) is 15.3. The van der Waals surface area contributed by atoms with E-state index < -0.39 is 34.0 Å². The van der Waals surface area contributed by atoms with Gasteiger partial charge in [-0.2, -0.15) is 13.2 Å². The van der Waals surface area contributed by atoms with E-state index in [0.29, 0.717) is 16.9 Å². The number of nitrogens with one attached hydrogen (secondary N) is 1. The molecule has 8 nitrogen and oxygen atoms in total. The van der Waals surface area contributed by atoms with Crippen LogP contribution in [0.25, 0.3) is 10.9 Å². The number of nitrogens with zero attached hydrogens (tertiary/aromatic N) is 3. The summed E-state index contributed by atoms with van der Waals surface area (Å²) in [7, 11) is -3.83. The van der Waals surface area contributed by atoms with Gasteiger partial charge in [-0.25, -0.2) is 18.4 Å². The molecule has 12 heteroatoms. The summed E-state index contributed by atoms with van der Waals surface area (Å²) in [5.41, 5.74) is 4.79. The molecule has 0 saturated heterocycles. The Morgan fingerprint density at radius 1 is 1.21 bits per heavy atom. The molecule has 1 amide bonds. The van der Waals surface area contributed by atoms with E-state index in [2.05, 4.69) is 15.3 Å². The van der Waals surface area contributed by atoms with Gasteiger partial charge in [-0.1, -0.05) is 12.1 Å². The van der Waals surface area contributed by atoms with Gasteiger partial charge >= 0.3 is 6.18 Å². The Kier molecular flexibility index (Phi) is 5.98. The monoisotopic (exact) mass is 493 g/mol. The fraction of sp³-hybridized carbons (Fsp3) is 0.318. The molecule has 1 aliphatic rings. The fourth-order valence-electron chi connectivity index (χ4n) is 3.67. The number of carbonyl (C=O) groups is 1. The number of fused-ring (bicyclic) bond motifs is 1. The fourth-order valence-corrected chi connectivity index (χ4v) is 4.48. The van der Waals surface area contributed by atoms with Crippen LogP contribution in [0, 0.1) is 0 Å². The van der Waals surface area contributed by atoms with Crippen molar-refractivity contribution in [1.29, 1.82) is 0 Å². The number of hydrogen-bond acceptors (Lipinski definition) is 7. The highest BCUT2D eigenvalue weighted by molar-refractivity contribution is 7.90. The molecule has 3 aromatic rings. The van der Waals surface area contributed by atoms with Crippen LogP contribution < -0.4 is 16.0 Å². The lowest BCUT2D eigenvalue weighted by atomic mass is 10.1. The van der Waals surface area contributed by atoms with Crippen molar-refractivity contribution in [3.05, 3.63) is 54.2 Å². The molecule has 3 N–H and O–H groups in total. The second kappa shape index (κ2) is 8.51. The van der Waals surface area contributed by atoms with Gasteiger partial charge in [0.1, 0.15) is 11.4 Å². The molecule has 0 radical (unpaired) electrons. The number of hydrogen-bond donors (Lipinski definition) is 2. The second-order valence-electron chi connectivity index (χ2n) is 8.28. The van der Waals surface area contributed by atoms with Crippen LogP contribution in [-0.2, 0) is 21.2 Å². The average molecular weight is 494 g/mol. The van der Waals surface area contributed by atoms with Crippen molar-refractivity contribution in [2.24, 2.45) is 0 Å². The van der Waals surface area contributed by atoms with Crippen molar-refractivity contribution in [2.75, 3.05) is 23.4 Å². The van der Waals surface area contributed by atoms with E-state index in [-0.39, 0.29) is 30.1 Å². The van der Waals surface area contributed by atoms with Crippen molar-refractivity contribution < 1.29 is 26.4 Å². The average Bonchev–Trinajstić information content (AvgIpc) is 3.56. The van der Waals surface area contributed by atoms with Gasteiger partial charge in [0.15, 0.2) is 14.9 Å². The predicted molar refractivity (Wildman–Crippen MR) is 121 cm³/mol. The van der Waals surface area contributed by atoms with Crippen LogP contribution in [-0.4, -0.2) is 48.8 Å². The maximum Gasteiger partial charge on any atom is 0.406 e. The lowest BCUT2D eigenvalue weighted by Crippen LogP contribution is -2.49. The molecule has 0 aliphatic heterocycles. The summed E-state index contributed by atoms with van der Waals surface area (Å²) in [5.74, 6) is -0.427. The minimum atomic E-state index is -4.49. The molecule has 4 rings (SSSR count). The van der Waals surface area contributed by atoms with Crippen LogP contribution in [0.3, 0.4) is 0 Å². The van der Waals surface area contributed by atoms with Crippen molar-refractivity contribution in [3.8, 4) is 0 Å². The highest BCUT2D eigenvalue weighted by atomic mass is 32.2. The number of carbonyl (C=O) groups excluding carboxylic acids is 1. The van der Waals surface area contributed by atoms with Gasteiger partial charge in [-0.05, 0) is 48.7 Å². The van der Waals surface area contributed by atoms with Crippen molar-refractivity contribution >= 4 is 38.2 Å². The SMILES string of the molecule is CS(=O)(=O)c1ncccc1N(Cc1ccc2ccc(N)nc2c1)C(=O)CNC1(C(F)(F)F)CC1. The number of halogens is 3. The Morgan fingerprint density at radius 2 is 1.91 bits per heavy atom. The number of pyridine rings is 2. The second-order valence-corrected chi connectivity index (χ2v) is 10.2. The molecule has 2 heterocycles. The minimum absolute atomic E-state index is 0.0192. The lowest BCUT2D eigenvalue weighted by molar-refractivity contribution is -0.166. The smallest absolute Gasteiger partial charge is 0.384 e. The maximum absolute atomic E-state index is 13.3. The Labute approximate surface area is 193 Å². The van der Waals surface area contributed by atoms with Crippen LogP contribution in [0.15, 0.2) is 53.7 Å². The Bertz CT molecular complexity index is 1360. The van der Waals surface area contributed by atoms with E-state index >= 15 is 0 Å². The highest BCUT2D eigenvalue weighted by Gasteiger charge is 2.63. The number of amides is 1. The van der Waals surface area contributed by atoms with Gasteiger partial charge in [-0.3, -0.25) is 10.1 Å². The van der Waals surface area contributed by atoms with Gasteiger partial charge in [0.05, 0.1) is 24.3 Å². The first-order valence-corrected chi connectivity index (χ1v) is 12.2. The number of rotatable bonds is 7. The summed E-state index contributed by atoms with van der Waals surface area (Å²) in [6, 6.07) is 11.5. The largest absolute Gasteiger partial charge is 0.406 e. The molecular formula is C22H22F3N5O3S. The molecule has 1 saturated carbocycles. The molecule has 1 aliphatic carbocycles. The van der Waals surface area contributed by atoms with Gasteiger partial charge in [0, 0.05) is 17.8 Å². The number of sulfone groups is 1. The number of nitrogens with two attached hydrogens (primary N) is 1. The van der Waals surface area contributed by atoms with Crippen molar-refractivity contribution in [3.63, 3.8) is 0 Å². The first kappa shape index (κ1) is 23.9. The van der Waals surface area contributed by atoms with Gasteiger partial charge < -0.3 is 10.6 Å². The van der Waals surface area contributed by atoms with Crippen LogP contribution >= 0.6 is 0 Å². The van der Waals surface area contributed by atoms with E-state index in [1.807, 2.05) is 0 Å². The molecule has 2 aromatic heterocycles. The topological polar surface area (TPSA) is 118 Å². The van der Waals surface area contributed by atoms with Crippen LogP contribution in [0.1, 0.15) is 18.4 Å². The third kappa shape index (κ3) is 4.82. The summed E-state index contributed by atoms with van der Waals surface area (Å²) in [5, 5.41) is 2.78. The van der Waals surface area contributed by atoms with E-state index in [9.17, 15) is 26.4 Å². The zero-order valence-electron chi connectivity index (χ0n) is 18.1. The summed E-state index contributed by atoms with van der Waals surface area (Å²) < 4.78 is 64.6. The van der Waals surface area contributed by atoms with Gasteiger partial charge in [0.25, 0.3) is 0 Å². The van der Waals surface area contributed by atoms with Crippen molar-refractivity contribution in [2.45, 2.75) is 36.1 Å². The standard InChI is InChI=1S/C22H22F3N5O3S/c1-34(32,33)20-17(3-2-10-27-20)30(19(31)12-28-21(8-9-21)22(23,24)25)13-14-4-5-15-6-7-18(26)29-16(15)11-14/h2-7,10-11,28H,8-9,12-13H2,1H3,(H2,26,29). The van der Waals surface area contributed by atoms with E-state index in [1.54, 1.807) is 30.3 Å². The van der Waals surface area contributed by atoms with Crippen LogP contribution in [0.2, 0.25) is 0 Å². The molecule has 34 heavy (non-hydrogen) atoms. The number of nitrogen functional groups attached to an aromatic ring is 1. The molecular weight excluding hydrogens is 471 g/mol. The lowest BCUT2D eigenvalue weighted by Gasteiger charge is -2.27. The number of alkyl halides is 3. The number of anilines is 2. The summed E-state index contributed by atoms with van der Waals surface area (Å²) in [6.07, 6.45) is -2.52. The quantitative estimate of drug-likeness (QED) is 0.520.